The molecule has 0 aliphatic carbocycles. The number of hydrogen-bond donors (Lipinski definition) is 1. The summed E-state index contributed by atoms with van der Waals surface area (Å²) in [6, 6.07) is 14.4. The lowest BCUT2D eigenvalue weighted by molar-refractivity contribution is 0.102. The molecule has 1 N–H and O–H groups in total. The number of methoxy groups -OCH3 is 1. The fourth-order valence-electron chi connectivity index (χ4n) is 2.38. The zero-order valence-corrected chi connectivity index (χ0v) is 14.9. The lowest BCUT2D eigenvalue weighted by Crippen LogP contribution is -2.14. The number of nitriles is 1. The molecule has 1 aromatic heterocycles. The van der Waals surface area contributed by atoms with Gasteiger partial charge in [0, 0.05) is 16.6 Å². The first kappa shape index (κ1) is 17.5. The van der Waals surface area contributed by atoms with Crippen LogP contribution in [0.5, 0.6) is 5.75 Å². The van der Waals surface area contributed by atoms with Crippen molar-refractivity contribution in [2.24, 2.45) is 0 Å². The second kappa shape index (κ2) is 7.72. The zero-order chi connectivity index (χ0) is 18.5. The number of carbonyl (C=O) groups is 1. The Hall–Kier alpha value is -3.31. The zero-order valence-electron chi connectivity index (χ0n) is 14.1. The number of benzene rings is 2. The quantitative estimate of drug-likeness (QED) is 0.550. The third-order valence-electron chi connectivity index (χ3n) is 3.68. The molecule has 2 aromatic carbocycles. The molecule has 0 radical (unpaired) electrons. The van der Waals surface area contributed by atoms with Gasteiger partial charge in [-0.25, -0.2) is 4.68 Å². The summed E-state index contributed by atoms with van der Waals surface area (Å²) in [5.74, 6) is 0.344. The van der Waals surface area contributed by atoms with Gasteiger partial charge in [-0.2, -0.15) is 5.26 Å². The predicted octanol–water partition coefficient (Wildman–Crippen LogP) is 3.41. The van der Waals surface area contributed by atoms with Crippen LogP contribution < -0.4 is 10.1 Å². The molecule has 130 valence electrons. The number of aromatic nitrogens is 3. The van der Waals surface area contributed by atoms with Crippen LogP contribution in [0.2, 0.25) is 0 Å². The highest BCUT2D eigenvalue weighted by Crippen LogP contribution is 2.21. The summed E-state index contributed by atoms with van der Waals surface area (Å²) in [4.78, 5) is 13.3. The molecule has 1 heterocycles. The van der Waals surface area contributed by atoms with Crippen molar-refractivity contribution in [3.63, 3.8) is 0 Å². The number of thiocyanates is 1. The van der Waals surface area contributed by atoms with E-state index in [-0.39, 0.29) is 11.6 Å². The monoisotopic (exact) mass is 365 g/mol. The Morgan fingerprint density at radius 3 is 2.73 bits per heavy atom. The van der Waals surface area contributed by atoms with Gasteiger partial charge in [0.25, 0.3) is 5.91 Å². The molecule has 3 aromatic rings. The minimum Gasteiger partial charge on any atom is -0.497 e. The topological polar surface area (TPSA) is 92.8 Å². The number of nitrogens with zero attached hydrogens (tertiary/aromatic N) is 4. The number of anilines is 1. The third kappa shape index (κ3) is 3.68. The van der Waals surface area contributed by atoms with Gasteiger partial charge < -0.3 is 10.1 Å². The Bertz CT molecular complexity index is 976. The fraction of sp³-hybridized carbons (Fsp3) is 0.111. The largest absolute Gasteiger partial charge is 0.497 e. The third-order valence-corrected chi connectivity index (χ3v) is 4.28. The van der Waals surface area contributed by atoms with E-state index in [1.165, 1.54) is 0 Å². The molecule has 0 bridgehead atoms. The van der Waals surface area contributed by atoms with Crippen molar-refractivity contribution in [3.05, 3.63) is 59.9 Å². The second-order valence-electron chi connectivity index (χ2n) is 5.31. The summed E-state index contributed by atoms with van der Waals surface area (Å²) in [7, 11) is 1.59. The summed E-state index contributed by atoms with van der Waals surface area (Å²) in [5, 5.41) is 21.5. The van der Waals surface area contributed by atoms with E-state index < -0.39 is 0 Å². The van der Waals surface area contributed by atoms with Gasteiger partial charge in [-0.3, -0.25) is 4.79 Å². The maximum Gasteiger partial charge on any atom is 0.278 e. The molecule has 8 heteroatoms. The molecule has 0 saturated heterocycles. The molecule has 0 spiro atoms. The standard InChI is InChI=1S/C18H15N5O2S/c1-12-17(18(24)20-13-6-8-16(9-7-13)26-11-19)21-22-23(12)14-4-3-5-15(10-14)25-2/h3-10H,1-2H3,(H,20,24). The van der Waals surface area contributed by atoms with E-state index in [1.807, 2.05) is 29.7 Å². The van der Waals surface area contributed by atoms with Gasteiger partial charge >= 0.3 is 0 Å². The Morgan fingerprint density at radius 1 is 1.27 bits per heavy atom. The lowest BCUT2D eigenvalue weighted by Gasteiger charge is -2.07. The average molecular weight is 365 g/mol. The Morgan fingerprint density at radius 2 is 2.04 bits per heavy atom. The van der Waals surface area contributed by atoms with Gasteiger partial charge in [-0.15, -0.1) is 5.10 Å². The first-order valence-electron chi connectivity index (χ1n) is 7.66. The van der Waals surface area contributed by atoms with Crippen molar-refractivity contribution < 1.29 is 9.53 Å². The summed E-state index contributed by atoms with van der Waals surface area (Å²) in [6.07, 6.45) is 0. The molecule has 1 amide bonds. The van der Waals surface area contributed by atoms with E-state index in [2.05, 4.69) is 15.6 Å². The molecule has 0 saturated carbocycles. The van der Waals surface area contributed by atoms with E-state index >= 15 is 0 Å². The second-order valence-corrected chi connectivity index (χ2v) is 6.17. The normalized spacial score (nSPS) is 10.2. The molecule has 7 nitrogen and oxygen atoms in total. The minimum absolute atomic E-state index is 0.239. The van der Waals surface area contributed by atoms with Crippen LogP contribution in [0.15, 0.2) is 53.4 Å². The minimum atomic E-state index is -0.350. The molecule has 0 unspecified atom stereocenters. The van der Waals surface area contributed by atoms with Crippen LogP contribution in [0.4, 0.5) is 5.69 Å². The predicted molar refractivity (Wildman–Crippen MR) is 98.5 cm³/mol. The molecular weight excluding hydrogens is 350 g/mol. The highest BCUT2D eigenvalue weighted by molar-refractivity contribution is 8.03. The van der Waals surface area contributed by atoms with Crippen molar-refractivity contribution in [2.75, 3.05) is 12.4 Å². The van der Waals surface area contributed by atoms with Crippen LogP contribution in [0.1, 0.15) is 16.2 Å². The maximum absolute atomic E-state index is 12.5. The summed E-state index contributed by atoms with van der Waals surface area (Å²) >= 11 is 1.06. The number of carbonyl (C=O) groups excluding carboxylic acids is 1. The van der Waals surface area contributed by atoms with Crippen LogP contribution in [0.3, 0.4) is 0 Å². The number of rotatable bonds is 5. The molecule has 0 aliphatic heterocycles. The van der Waals surface area contributed by atoms with Gasteiger partial charge in [0.2, 0.25) is 0 Å². The van der Waals surface area contributed by atoms with Gasteiger partial charge in [0.05, 0.1) is 18.5 Å². The lowest BCUT2D eigenvalue weighted by atomic mass is 10.2. The van der Waals surface area contributed by atoms with E-state index in [9.17, 15) is 4.79 Å². The first-order valence-corrected chi connectivity index (χ1v) is 8.48. The highest BCUT2D eigenvalue weighted by atomic mass is 32.2. The van der Waals surface area contributed by atoms with Crippen LogP contribution >= 0.6 is 11.8 Å². The average Bonchev–Trinajstić information content (AvgIpc) is 3.05. The van der Waals surface area contributed by atoms with E-state index in [1.54, 1.807) is 43.0 Å². The Balaban J connectivity index is 1.80. The van der Waals surface area contributed by atoms with Gasteiger partial charge in [0.15, 0.2) is 5.69 Å². The van der Waals surface area contributed by atoms with E-state index in [0.717, 1.165) is 22.3 Å². The number of nitrogens with one attached hydrogen (secondary N) is 1. The van der Waals surface area contributed by atoms with Gasteiger partial charge in [0.1, 0.15) is 11.2 Å². The number of thioether (sulfide) groups is 1. The van der Waals surface area contributed by atoms with E-state index in [0.29, 0.717) is 17.1 Å². The number of hydrogen-bond acceptors (Lipinski definition) is 6. The molecular formula is C18H15N5O2S. The van der Waals surface area contributed by atoms with Crippen molar-refractivity contribution >= 4 is 23.4 Å². The highest BCUT2D eigenvalue weighted by Gasteiger charge is 2.17. The van der Waals surface area contributed by atoms with Crippen molar-refractivity contribution in [3.8, 4) is 16.8 Å². The first-order chi connectivity index (χ1) is 12.6. The van der Waals surface area contributed by atoms with Crippen molar-refractivity contribution in [1.82, 2.24) is 15.0 Å². The number of amides is 1. The van der Waals surface area contributed by atoms with Crippen LogP contribution in [-0.4, -0.2) is 28.0 Å². The summed E-state index contributed by atoms with van der Waals surface area (Å²) < 4.78 is 6.80. The van der Waals surface area contributed by atoms with Crippen LogP contribution in [0.25, 0.3) is 5.69 Å². The van der Waals surface area contributed by atoms with Crippen LogP contribution in [-0.2, 0) is 0 Å². The van der Waals surface area contributed by atoms with Crippen molar-refractivity contribution in [1.29, 1.82) is 5.26 Å². The molecule has 0 fully saturated rings. The van der Waals surface area contributed by atoms with Crippen molar-refractivity contribution in [2.45, 2.75) is 11.8 Å². The van der Waals surface area contributed by atoms with Gasteiger partial charge in [-0.1, -0.05) is 11.3 Å². The molecule has 3 rings (SSSR count). The molecule has 0 aliphatic rings. The summed E-state index contributed by atoms with van der Waals surface area (Å²) in [6.45, 7) is 1.78. The SMILES string of the molecule is COc1cccc(-n2nnc(C(=O)Nc3ccc(SC#N)cc3)c2C)c1. The summed E-state index contributed by atoms with van der Waals surface area (Å²) in [5.41, 5.74) is 2.23. The molecule has 26 heavy (non-hydrogen) atoms. The smallest absolute Gasteiger partial charge is 0.278 e. The maximum atomic E-state index is 12.5. The Labute approximate surface area is 154 Å². The molecule has 0 atom stereocenters. The van der Waals surface area contributed by atoms with Gasteiger partial charge in [-0.05, 0) is 55.1 Å². The van der Waals surface area contributed by atoms with E-state index in [4.69, 9.17) is 10.00 Å². The Kier molecular flexibility index (Phi) is 5.20. The van der Waals surface area contributed by atoms with Crippen LogP contribution in [0, 0.1) is 17.6 Å². The number of ether oxygens (including phenoxy) is 1. The fourth-order valence-corrected chi connectivity index (χ4v) is 2.75.